The van der Waals surface area contributed by atoms with E-state index in [1.165, 1.54) is 13.3 Å². The molecule has 1 aromatic carbocycles. The van der Waals surface area contributed by atoms with E-state index < -0.39 is 5.79 Å². The summed E-state index contributed by atoms with van der Waals surface area (Å²) in [5.41, 5.74) is 1.45. The maximum atomic E-state index is 12.6. The fourth-order valence-electron chi connectivity index (χ4n) is 3.58. The minimum Gasteiger partial charge on any atom is -0.356 e. The van der Waals surface area contributed by atoms with Gasteiger partial charge in [0.1, 0.15) is 17.8 Å². The van der Waals surface area contributed by atoms with Crippen LogP contribution in [0.1, 0.15) is 30.3 Å². The second kappa shape index (κ2) is 8.14. The number of amides is 2. The van der Waals surface area contributed by atoms with Crippen molar-refractivity contribution in [2.45, 2.75) is 25.6 Å². The van der Waals surface area contributed by atoms with E-state index >= 15 is 0 Å². The largest absolute Gasteiger partial charge is 0.356 e. The van der Waals surface area contributed by atoms with E-state index in [2.05, 4.69) is 25.5 Å². The van der Waals surface area contributed by atoms with Crippen molar-refractivity contribution in [2.75, 3.05) is 41.8 Å². The van der Waals surface area contributed by atoms with Crippen molar-refractivity contribution in [1.82, 2.24) is 9.97 Å². The van der Waals surface area contributed by atoms with Gasteiger partial charge in [0.2, 0.25) is 5.91 Å². The summed E-state index contributed by atoms with van der Waals surface area (Å²) in [6, 6.07) is 8.62. The zero-order chi connectivity index (χ0) is 20.3. The van der Waals surface area contributed by atoms with Gasteiger partial charge in [-0.3, -0.25) is 9.59 Å². The average Bonchev–Trinajstić information content (AvgIpc) is 3.16. The third-order valence-corrected chi connectivity index (χ3v) is 4.99. The zero-order valence-corrected chi connectivity index (χ0v) is 16.2. The topological polar surface area (TPSA) is 106 Å². The van der Waals surface area contributed by atoms with Crippen molar-refractivity contribution in [3.05, 3.63) is 42.4 Å². The van der Waals surface area contributed by atoms with Gasteiger partial charge in [-0.25, -0.2) is 9.97 Å². The summed E-state index contributed by atoms with van der Waals surface area (Å²) >= 11 is 0. The van der Waals surface area contributed by atoms with Crippen molar-refractivity contribution in [1.29, 1.82) is 0 Å². The Morgan fingerprint density at radius 3 is 2.41 bits per heavy atom. The van der Waals surface area contributed by atoms with Crippen LogP contribution in [0.4, 0.5) is 17.2 Å². The van der Waals surface area contributed by atoms with Gasteiger partial charge < -0.3 is 25.0 Å². The van der Waals surface area contributed by atoms with Gasteiger partial charge in [0.15, 0.2) is 5.79 Å². The third kappa shape index (κ3) is 4.52. The van der Waals surface area contributed by atoms with Crippen molar-refractivity contribution in [3.8, 4) is 0 Å². The molecule has 4 rings (SSSR count). The first-order chi connectivity index (χ1) is 14.0. The van der Waals surface area contributed by atoms with Crippen molar-refractivity contribution >= 4 is 29.0 Å². The number of anilines is 3. The molecule has 9 nitrogen and oxygen atoms in total. The molecule has 0 radical (unpaired) electrons. The highest BCUT2D eigenvalue weighted by Gasteiger charge is 2.40. The molecular formula is C20H23N5O4. The second-order valence-corrected chi connectivity index (χ2v) is 7.07. The Bertz CT molecular complexity index is 903. The smallest absolute Gasteiger partial charge is 0.274 e. The lowest BCUT2D eigenvalue weighted by atomic mass is 10.0. The normalized spacial score (nSPS) is 17.9. The monoisotopic (exact) mass is 397 g/mol. The molecule has 2 N–H and O–H groups in total. The first-order valence-corrected chi connectivity index (χ1v) is 9.57. The lowest BCUT2D eigenvalue weighted by Crippen LogP contribution is -2.45. The Morgan fingerprint density at radius 2 is 1.72 bits per heavy atom. The Kier molecular flexibility index (Phi) is 5.41. The number of aromatic nitrogens is 2. The van der Waals surface area contributed by atoms with Crippen molar-refractivity contribution < 1.29 is 19.1 Å². The Morgan fingerprint density at radius 1 is 1.03 bits per heavy atom. The quantitative estimate of drug-likeness (QED) is 0.813. The molecular weight excluding hydrogens is 374 g/mol. The van der Waals surface area contributed by atoms with Gasteiger partial charge in [-0.05, 0) is 18.2 Å². The molecule has 0 unspecified atom stereocenters. The lowest BCUT2D eigenvalue weighted by molar-refractivity contribution is -0.169. The van der Waals surface area contributed by atoms with Gasteiger partial charge >= 0.3 is 0 Å². The highest BCUT2D eigenvalue weighted by Crippen LogP contribution is 2.32. The van der Waals surface area contributed by atoms with E-state index in [4.69, 9.17) is 9.47 Å². The molecule has 2 aliphatic heterocycles. The number of nitrogens with one attached hydrogen (secondary N) is 2. The molecule has 1 spiro atoms. The van der Waals surface area contributed by atoms with E-state index in [1.807, 2.05) is 0 Å². The van der Waals surface area contributed by atoms with E-state index in [-0.39, 0.29) is 17.5 Å². The number of rotatable bonds is 4. The molecule has 152 valence electrons. The summed E-state index contributed by atoms with van der Waals surface area (Å²) in [6.45, 7) is 4.18. The molecule has 1 aromatic heterocycles. The summed E-state index contributed by atoms with van der Waals surface area (Å²) in [4.78, 5) is 34.4. The Balaban J connectivity index is 1.42. The Labute approximate surface area is 168 Å². The third-order valence-electron chi connectivity index (χ3n) is 4.99. The molecule has 2 amide bonds. The highest BCUT2D eigenvalue weighted by atomic mass is 16.7. The van der Waals surface area contributed by atoms with Crippen molar-refractivity contribution in [2.24, 2.45) is 0 Å². The van der Waals surface area contributed by atoms with E-state index in [0.717, 1.165) is 25.9 Å². The van der Waals surface area contributed by atoms with Crippen LogP contribution in [0.15, 0.2) is 36.7 Å². The minimum atomic E-state index is -0.456. The van der Waals surface area contributed by atoms with Gasteiger partial charge in [-0.1, -0.05) is 6.07 Å². The summed E-state index contributed by atoms with van der Waals surface area (Å²) in [5, 5.41) is 5.49. The van der Waals surface area contributed by atoms with Crippen LogP contribution < -0.4 is 15.5 Å². The van der Waals surface area contributed by atoms with Crippen LogP contribution in [0.2, 0.25) is 0 Å². The van der Waals surface area contributed by atoms with Crippen LogP contribution in [-0.4, -0.2) is 53.9 Å². The average molecular weight is 397 g/mol. The molecule has 0 atom stereocenters. The van der Waals surface area contributed by atoms with Crippen LogP contribution in [0.25, 0.3) is 0 Å². The molecule has 0 aliphatic carbocycles. The zero-order valence-electron chi connectivity index (χ0n) is 16.2. The molecule has 2 saturated heterocycles. The van der Waals surface area contributed by atoms with Gasteiger partial charge in [-0.15, -0.1) is 0 Å². The predicted octanol–water partition coefficient (Wildman–Crippen LogP) is 2.03. The van der Waals surface area contributed by atoms with Crippen molar-refractivity contribution in [3.63, 3.8) is 0 Å². The number of benzene rings is 1. The highest BCUT2D eigenvalue weighted by molar-refractivity contribution is 6.03. The number of piperidine rings is 1. The predicted molar refractivity (Wildman–Crippen MR) is 107 cm³/mol. The fraction of sp³-hybridized carbons (Fsp3) is 0.400. The van der Waals surface area contributed by atoms with Crippen LogP contribution in [0, 0.1) is 0 Å². The molecule has 9 heteroatoms. The summed E-state index contributed by atoms with van der Waals surface area (Å²) in [7, 11) is 0. The van der Waals surface area contributed by atoms with E-state index in [0.29, 0.717) is 30.4 Å². The number of hydrogen-bond acceptors (Lipinski definition) is 7. The fourth-order valence-corrected chi connectivity index (χ4v) is 3.58. The summed E-state index contributed by atoms with van der Waals surface area (Å²) < 4.78 is 11.5. The summed E-state index contributed by atoms with van der Waals surface area (Å²) in [6.07, 6.45) is 2.91. The molecule has 3 heterocycles. The number of ether oxygens (including phenoxy) is 2. The molecule has 29 heavy (non-hydrogen) atoms. The number of carbonyl (C=O) groups is 2. The van der Waals surface area contributed by atoms with Gasteiger partial charge in [0.05, 0.1) is 13.2 Å². The van der Waals surface area contributed by atoms with Gasteiger partial charge in [0, 0.05) is 50.3 Å². The molecule has 2 aliphatic rings. The number of nitrogens with zero attached hydrogens (tertiary/aromatic N) is 3. The maximum absolute atomic E-state index is 12.6. The minimum absolute atomic E-state index is 0.175. The molecule has 2 aromatic rings. The summed E-state index contributed by atoms with van der Waals surface area (Å²) in [5.74, 6) is -0.275. The SMILES string of the molecule is CC(=O)Nc1cccc(NC(=O)c2cc(N3CCC4(CC3)OCCO4)ncn2)c1. The van der Waals surface area contributed by atoms with Crippen LogP contribution in [0.3, 0.4) is 0 Å². The maximum Gasteiger partial charge on any atom is 0.274 e. The molecule has 0 saturated carbocycles. The van der Waals surface area contributed by atoms with E-state index in [1.54, 1.807) is 30.3 Å². The van der Waals surface area contributed by atoms with Crippen LogP contribution >= 0.6 is 0 Å². The standard InChI is InChI=1S/C20H23N5O4/c1-14(26)23-15-3-2-4-16(11-15)24-19(27)17-12-18(22-13-21-17)25-7-5-20(6-8-25)28-9-10-29-20/h2-4,11-13H,5-10H2,1H3,(H,23,26)(H,24,27). The Hall–Kier alpha value is -3.04. The first-order valence-electron chi connectivity index (χ1n) is 9.57. The molecule has 0 bridgehead atoms. The first kappa shape index (κ1) is 19.3. The van der Waals surface area contributed by atoms with Crippen LogP contribution in [-0.2, 0) is 14.3 Å². The second-order valence-electron chi connectivity index (χ2n) is 7.07. The molecule has 2 fully saturated rings. The van der Waals surface area contributed by atoms with E-state index in [9.17, 15) is 9.59 Å². The van der Waals surface area contributed by atoms with Gasteiger partial charge in [0.25, 0.3) is 5.91 Å². The van der Waals surface area contributed by atoms with Gasteiger partial charge in [-0.2, -0.15) is 0 Å². The number of carbonyl (C=O) groups excluding carboxylic acids is 2. The lowest BCUT2D eigenvalue weighted by Gasteiger charge is -2.38. The number of hydrogen-bond donors (Lipinski definition) is 2. The van der Waals surface area contributed by atoms with Crippen LogP contribution in [0.5, 0.6) is 0 Å².